The Labute approximate surface area is 212 Å². The highest BCUT2D eigenvalue weighted by Crippen LogP contribution is 2.30. The fraction of sp³-hybridized carbons (Fsp3) is 0.222. The average molecular weight is 504 g/mol. The number of nitrogens with two attached hydrogens (primary N) is 1. The zero-order valence-electron chi connectivity index (χ0n) is 20.2. The van der Waals surface area contributed by atoms with Crippen molar-refractivity contribution in [1.29, 1.82) is 0 Å². The lowest BCUT2D eigenvalue weighted by atomic mass is 10.0. The number of methoxy groups -OCH3 is 1. The lowest BCUT2D eigenvalue weighted by Gasteiger charge is -2.37. The molecule has 4 aromatic rings. The first-order valence-electron chi connectivity index (χ1n) is 11.7. The Kier molecular flexibility index (Phi) is 6.49. The molecule has 3 heterocycles. The number of hydrogen-bond acceptors (Lipinski definition) is 6. The average Bonchev–Trinajstić information content (AvgIpc) is 3.21. The lowest BCUT2D eigenvalue weighted by molar-refractivity contribution is -0.133. The van der Waals surface area contributed by atoms with Crippen LogP contribution in [-0.2, 0) is 9.53 Å². The number of ether oxygens (including phenoxy) is 2. The third-order valence-electron chi connectivity index (χ3n) is 6.49. The Morgan fingerprint density at radius 1 is 1.08 bits per heavy atom. The fourth-order valence-electron chi connectivity index (χ4n) is 4.79. The number of pyridine rings is 1. The summed E-state index contributed by atoms with van der Waals surface area (Å²) in [6.07, 6.45) is 1.59. The number of nitrogens with zero attached hydrogens (tertiary/aromatic N) is 4. The number of carbonyl (C=O) groups excluding carboxylic acids is 1. The molecule has 37 heavy (non-hydrogen) atoms. The van der Waals surface area contributed by atoms with E-state index < -0.39 is 17.8 Å². The molecule has 1 unspecified atom stereocenters. The molecular weight excluding hydrogens is 477 g/mol. The van der Waals surface area contributed by atoms with E-state index in [1.165, 1.54) is 22.8 Å². The highest BCUT2D eigenvalue weighted by molar-refractivity contribution is 5.91. The molecule has 0 radical (unpaired) electrons. The van der Waals surface area contributed by atoms with Crippen LogP contribution in [0.15, 0.2) is 84.1 Å². The molecule has 1 amide bonds. The van der Waals surface area contributed by atoms with Crippen LogP contribution in [0.25, 0.3) is 16.7 Å². The number of aromatic nitrogens is 3. The Morgan fingerprint density at radius 3 is 2.46 bits per heavy atom. The van der Waals surface area contributed by atoms with E-state index in [0.29, 0.717) is 34.6 Å². The normalized spacial score (nSPS) is 17.6. The second-order valence-corrected chi connectivity index (χ2v) is 8.82. The van der Waals surface area contributed by atoms with Crippen molar-refractivity contribution in [2.45, 2.75) is 18.6 Å². The molecule has 1 fully saturated rings. The molecule has 1 aliphatic heterocycles. The molecule has 0 aliphatic carbocycles. The van der Waals surface area contributed by atoms with Crippen molar-refractivity contribution >= 4 is 22.8 Å². The van der Waals surface area contributed by atoms with Crippen molar-refractivity contribution in [3.05, 3.63) is 89.8 Å². The number of hydrogen-bond donors (Lipinski definition) is 1. The van der Waals surface area contributed by atoms with Gasteiger partial charge in [-0.05, 0) is 48.9 Å². The van der Waals surface area contributed by atoms with Gasteiger partial charge in [0.1, 0.15) is 22.8 Å². The Hall–Kier alpha value is -4.44. The summed E-state index contributed by atoms with van der Waals surface area (Å²) in [7, 11) is 1.52. The van der Waals surface area contributed by atoms with Crippen LogP contribution >= 0.6 is 0 Å². The Bertz CT molecular complexity index is 1510. The number of amides is 1. The van der Waals surface area contributed by atoms with Crippen molar-refractivity contribution < 1.29 is 18.7 Å². The Morgan fingerprint density at radius 2 is 1.78 bits per heavy atom. The van der Waals surface area contributed by atoms with Gasteiger partial charge in [-0.25, -0.2) is 14.2 Å². The summed E-state index contributed by atoms with van der Waals surface area (Å²) in [5.74, 6) is -0.399. The molecular formula is C27H26FN5O4. The number of fused-ring (bicyclic) bond motifs is 1. The van der Waals surface area contributed by atoms with E-state index in [2.05, 4.69) is 11.6 Å². The number of anilines is 1. The number of halogens is 1. The second kappa shape index (κ2) is 9.90. The first kappa shape index (κ1) is 24.3. The van der Waals surface area contributed by atoms with Gasteiger partial charge < -0.3 is 20.1 Å². The SMILES string of the molecule is C=C(F)C(=O)N1CC(n2c(=O)n(-c3ccc(Oc4ccccc4)cc3)c3c(N)nccc32)C[C@@H](OC)C1. The molecule has 190 valence electrons. The van der Waals surface area contributed by atoms with Crippen molar-refractivity contribution in [2.24, 2.45) is 0 Å². The topological polar surface area (TPSA) is 105 Å². The van der Waals surface area contributed by atoms with Gasteiger partial charge in [-0.3, -0.25) is 13.9 Å². The van der Waals surface area contributed by atoms with E-state index in [1.807, 2.05) is 30.3 Å². The van der Waals surface area contributed by atoms with Gasteiger partial charge in [-0.2, -0.15) is 0 Å². The van der Waals surface area contributed by atoms with E-state index in [-0.39, 0.29) is 30.7 Å². The van der Waals surface area contributed by atoms with Crippen LogP contribution in [0, 0.1) is 0 Å². The predicted molar refractivity (Wildman–Crippen MR) is 138 cm³/mol. The van der Waals surface area contributed by atoms with Gasteiger partial charge in [-0.1, -0.05) is 24.8 Å². The van der Waals surface area contributed by atoms with Crippen molar-refractivity contribution in [3.63, 3.8) is 0 Å². The summed E-state index contributed by atoms with van der Waals surface area (Å²) in [5, 5.41) is 0. The van der Waals surface area contributed by atoms with Gasteiger partial charge in [0.25, 0.3) is 5.91 Å². The monoisotopic (exact) mass is 503 g/mol. The minimum atomic E-state index is -1.06. The van der Waals surface area contributed by atoms with Crippen LogP contribution in [0.3, 0.4) is 0 Å². The first-order valence-corrected chi connectivity index (χ1v) is 11.7. The molecule has 2 N–H and O–H groups in total. The summed E-state index contributed by atoms with van der Waals surface area (Å²) >= 11 is 0. The van der Waals surface area contributed by atoms with Gasteiger partial charge in [0.05, 0.1) is 23.3 Å². The molecule has 1 aliphatic rings. The zero-order chi connectivity index (χ0) is 26.1. The van der Waals surface area contributed by atoms with Gasteiger partial charge in [-0.15, -0.1) is 0 Å². The lowest BCUT2D eigenvalue weighted by Crippen LogP contribution is -2.49. The number of carbonyl (C=O) groups is 1. The molecule has 1 saturated heterocycles. The van der Waals surface area contributed by atoms with Crippen LogP contribution in [0.1, 0.15) is 12.5 Å². The second-order valence-electron chi connectivity index (χ2n) is 8.82. The number of nitrogen functional groups attached to an aromatic ring is 1. The van der Waals surface area contributed by atoms with E-state index in [9.17, 15) is 14.0 Å². The molecule has 0 spiro atoms. The zero-order valence-corrected chi connectivity index (χ0v) is 20.2. The molecule has 2 aromatic heterocycles. The summed E-state index contributed by atoms with van der Waals surface area (Å²) < 4.78 is 28.1. The fourth-order valence-corrected chi connectivity index (χ4v) is 4.79. The highest BCUT2D eigenvalue weighted by Gasteiger charge is 2.34. The van der Waals surface area contributed by atoms with E-state index in [1.54, 1.807) is 34.9 Å². The number of likely N-dealkylation sites (tertiary alicyclic amines) is 1. The number of rotatable bonds is 6. The van der Waals surface area contributed by atoms with Gasteiger partial charge in [0.2, 0.25) is 0 Å². The Balaban J connectivity index is 1.57. The number of piperidine rings is 1. The first-order chi connectivity index (χ1) is 17.9. The molecule has 10 heteroatoms. The standard InChI is InChI=1S/C27H26FN5O4/c1-17(28)26(34)31-15-19(14-22(16-31)36-2)32-23-12-13-30-25(29)24(23)33(27(32)35)18-8-10-21(11-9-18)37-20-6-4-3-5-7-20/h3-13,19,22H,1,14-16H2,2H3,(H2,29,30)/t19?,22-/m1/s1. The molecule has 0 bridgehead atoms. The number of para-hydroxylation sites is 1. The summed E-state index contributed by atoms with van der Waals surface area (Å²) in [6, 6.07) is 17.6. The third-order valence-corrected chi connectivity index (χ3v) is 6.49. The van der Waals surface area contributed by atoms with E-state index in [0.717, 1.165) is 0 Å². The van der Waals surface area contributed by atoms with Gasteiger partial charge in [0, 0.05) is 26.4 Å². The van der Waals surface area contributed by atoms with Crippen LogP contribution < -0.4 is 16.2 Å². The molecule has 5 rings (SSSR count). The minimum Gasteiger partial charge on any atom is -0.457 e. The largest absolute Gasteiger partial charge is 0.457 e. The van der Waals surface area contributed by atoms with Crippen LogP contribution in [-0.4, -0.2) is 51.2 Å². The quantitative estimate of drug-likeness (QED) is 0.401. The smallest absolute Gasteiger partial charge is 0.334 e. The summed E-state index contributed by atoms with van der Waals surface area (Å²) in [5.41, 5.74) is 7.45. The predicted octanol–water partition coefficient (Wildman–Crippen LogP) is 3.83. The van der Waals surface area contributed by atoms with Crippen molar-refractivity contribution in [2.75, 3.05) is 25.9 Å². The molecule has 0 saturated carbocycles. The third kappa shape index (κ3) is 4.58. The minimum absolute atomic E-state index is 0.118. The van der Waals surface area contributed by atoms with Crippen molar-refractivity contribution in [3.8, 4) is 17.2 Å². The maximum absolute atomic E-state index is 13.9. The molecule has 2 atom stereocenters. The number of imidazole rings is 1. The van der Waals surface area contributed by atoms with Crippen LogP contribution in [0.4, 0.5) is 10.2 Å². The number of benzene rings is 2. The van der Waals surface area contributed by atoms with Gasteiger partial charge in [0.15, 0.2) is 5.83 Å². The summed E-state index contributed by atoms with van der Waals surface area (Å²) in [4.78, 5) is 31.8. The maximum atomic E-state index is 13.9. The maximum Gasteiger partial charge on any atom is 0.334 e. The van der Waals surface area contributed by atoms with Crippen LogP contribution in [0.2, 0.25) is 0 Å². The molecule has 2 aromatic carbocycles. The molecule has 9 nitrogen and oxygen atoms in total. The van der Waals surface area contributed by atoms with E-state index >= 15 is 0 Å². The van der Waals surface area contributed by atoms with Crippen molar-refractivity contribution in [1.82, 2.24) is 19.0 Å². The highest BCUT2D eigenvalue weighted by atomic mass is 19.1. The van der Waals surface area contributed by atoms with Gasteiger partial charge >= 0.3 is 5.69 Å². The van der Waals surface area contributed by atoms with Crippen LogP contribution in [0.5, 0.6) is 11.5 Å². The summed E-state index contributed by atoms with van der Waals surface area (Å²) in [6.45, 7) is 3.45. The van der Waals surface area contributed by atoms with E-state index in [4.69, 9.17) is 15.2 Å².